The van der Waals surface area contributed by atoms with E-state index in [0.29, 0.717) is 23.8 Å². The maximum atomic E-state index is 6.35. The molecule has 1 aromatic carbocycles. The minimum Gasteiger partial charge on any atom is -0.473 e. The molecular formula is C19H21N3O. The molecular weight excluding hydrogens is 286 g/mol. The van der Waals surface area contributed by atoms with Gasteiger partial charge in [0.25, 0.3) is 0 Å². The van der Waals surface area contributed by atoms with Gasteiger partial charge in [-0.15, -0.1) is 0 Å². The predicted octanol–water partition coefficient (Wildman–Crippen LogP) is 2.86. The molecule has 3 aliphatic heterocycles. The first-order valence-electron chi connectivity index (χ1n) is 8.61. The fourth-order valence-corrected chi connectivity index (χ4v) is 4.85. The number of ether oxygens (including phenoxy) is 1. The third-order valence-corrected chi connectivity index (χ3v) is 5.64. The van der Waals surface area contributed by atoms with E-state index in [9.17, 15) is 0 Å². The SMILES string of the molecule is c1ccc(-c2cncc(OC3C4CC5CC3CN(C5)C4)n2)cc1. The number of hydrogen-bond acceptors (Lipinski definition) is 4. The molecule has 0 amide bonds. The molecule has 2 unspecified atom stereocenters. The Balaban J connectivity index is 1.39. The zero-order valence-electron chi connectivity index (χ0n) is 13.1. The number of piperidine rings is 3. The number of nitrogens with zero attached hydrogens (tertiary/aromatic N) is 3. The van der Waals surface area contributed by atoms with E-state index >= 15 is 0 Å². The third kappa shape index (κ3) is 2.41. The van der Waals surface area contributed by atoms with E-state index in [2.05, 4.69) is 22.0 Å². The Kier molecular flexibility index (Phi) is 3.11. The first kappa shape index (κ1) is 13.5. The Morgan fingerprint density at radius 1 is 0.957 bits per heavy atom. The summed E-state index contributed by atoms with van der Waals surface area (Å²) in [7, 11) is 0. The average molecular weight is 307 g/mol. The highest BCUT2D eigenvalue weighted by molar-refractivity contribution is 5.58. The van der Waals surface area contributed by atoms with Crippen LogP contribution in [0, 0.1) is 17.8 Å². The minimum atomic E-state index is 0.322. The maximum absolute atomic E-state index is 6.35. The van der Waals surface area contributed by atoms with Crippen LogP contribution in [0.4, 0.5) is 0 Å². The Morgan fingerprint density at radius 2 is 1.74 bits per heavy atom. The van der Waals surface area contributed by atoms with Crippen LogP contribution in [0.5, 0.6) is 5.88 Å². The summed E-state index contributed by atoms with van der Waals surface area (Å²) in [5, 5.41) is 0. The van der Waals surface area contributed by atoms with Crippen molar-refractivity contribution in [3.05, 3.63) is 42.7 Å². The normalized spacial score (nSPS) is 34.5. The molecule has 4 bridgehead atoms. The van der Waals surface area contributed by atoms with Crippen molar-refractivity contribution < 1.29 is 4.74 Å². The molecule has 2 atom stereocenters. The summed E-state index contributed by atoms with van der Waals surface area (Å²) in [6.45, 7) is 3.70. The molecule has 1 aliphatic carbocycles. The summed E-state index contributed by atoms with van der Waals surface area (Å²) in [6.07, 6.45) is 6.54. The van der Waals surface area contributed by atoms with Crippen LogP contribution in [0.25, 0.3) is 11.3 Å². The Morgan fingerprint density at radius 3 is 2.48 bits per heavy atom. The van der Waals surface area contributed by atoms with Gasteiger partial charge in [-0.1, -0.05) is 30.3 Å². The zero-order valence-corrected chi connectivity index (χ0v) is 13.1. The van der Waals surface area contributed by atoms with Crippen molar-refractivity contribution in [2.75, 3.05) is 19.6 Å². The van der Waals surface area contributed by atoms with Gasteiger partial charge in [-0.3, -0.25) is 4.98 Å². The van der Waals surface area contributed by atoms with E-state index in [1.54, 1.807) is 6.20 Å². The van der Waals surface area contributed by atoms with Crippen molar-refractivity contribution in [2.24, 2.45) is 17.8 Å². The molecule has 4 heteroatoms. The van der Waals surface area contributed by atoms with Gasteiger partial charge < -0.3 is 9.64 Å². The predicted molar refractivity (Wildman–Crippen MR) is 88.0 cm³/mol. The van der Waals surface area contributed by atoms with Crippen LogP contribution in [0.1, 0.15) is 12.8 Å². The van der Waals surface area contributed by atoms with E-state index in [0.717, 1.165) is 17.2 Å². The fraction of sp³-hybridized carbons (Fsp3) is 0.474. The third-order valence-electron chi connectivity index (χ3n) is 5.64. The Hall–Kier alpha value is -1.94. The van der Waals surface area contributed by atoms with Crippen LogP contribution >= 0.6 is 0 Å². The highest BCUT2D eigenvalue weighted by atomic mass is 16.5. The van der Waals surface area contributed by atoms with E-state index in [4.69, 9.17) is 9.72 Å². The average Bonchev–Trinajstić information content (AvgIpc) is 2.59. The molecule has 6 rings (SSSR count). The second kappa shape index (κ2) is 5.31. The number of benzene rings is 1. The molecule has 4 nitrogen and oxygen atoms in total. The van der Waals surface area contributed by atoms with Gasteiger partial charge in [0.15, 0.2) is 0 Å². The standard InChI is InChI=1S/C19H21N3O/c1-2-4-14(5-3-1)17-8-20-9-18(21-17)23-19-15-6-13-7-16(19)12-22(10-13)11-15/h1-5,8-9,13,15-16,19H,6-7,10-12H2. The van der Waals surface area contributed by atoms with Gasteiger partial charge in [0, 0.05) is 37.0 Å². The summed E-state index contributed by atoms with van der Waals surface area (Å²) >= 11 is 0. The molecule has 118 valence electrons. The zero-order chi connectivity index (χ0) is 15.2. The lowest BCUT2D eigenvalue weighted by Gasteiger charge is -2.55. The van der Waals surface area contributed by atoms with Crippen LogP contribution in [-0.2, 0) is 0 Å². The molecule has 1 aromatic heterocycles. The maximum Gasteiger partial charge on any atom is 0.233 e. The van der Waals surface area contributed by atoms with E-state index in [1.807, 2.05) is 24.4 Å². The van der Waals surface area contributed by atoms with Gasteiger partial charge in [0.1, 0.15) is 6.10 Å². The summed E-state index contributed by atoms with van der Waals surface area (Å²) < 4.78 is 6.35. The molecule has 1 saturated carbocycles. The van der Waals surface area contributed by atoms with Gasteiger partial charge in [0.05, 0.1) is 18.1 Å². The smallest absolute Gasteiger partial charge is 0.233 e. The lowest BCUT2D eigenvalue weighted by molar-refractivity contribution is -0.0998. The summed E-state index contributed by atoms with van der Waals surface area (Å²) in [5.41, 5.74) is 1.97. The molecule has 4 fully saturated rings. The Labute approximate surface area is 136 Å². The van der Waals surface area contributed by atoms with Crippen LogP contribution in [0.3, 0.4) is 0 Å². The lowest BCUT2D eigenvalue weighted by Crippen LogP contribution is -2.61. The molecule has 4 aliphatic rings. The minimum absolute atomic E-state index is 0.322. The van der Waals surface area contributed by atoms with E-state index in [1.165, 1.54) is 32.5 Å². The molecule has 23 heavy (non-hydrogen) atoms. The first-order valence-corrected chi connectivity index (χ1v) is 8.61. The first-order chi connectivity index (χ1) is 11.3. The second-order valence-electron chi connectivity index (χ2n) is 7.27. The highest BCUT2D eigenvalue weighted by Gasteiger charge is 2.48. The summed E-state index contributed by atoms with van der Waals surface area (Å²) in [4.78, 5) is 11.7. The van der Waals surface area contributed by atoms with Gasteiger partial charge in [-0.2, -0.15) is 0 Å². The van der Waals surface area contributed by atoms with Gasteiger partial charge in [0.2, 0.25) is 5.88 Å². The van der Waals surface area contributed by atoms with Crippen molar-refractivity contribution in [1.82, 2.24) is 14.9 Å². The van der Waals surface area contributed by atoms with Crippen molar-refractivity contribution >= 4 is 0 Å². The van der Waals surface area contributed by atoms with Gasteiger partial charge >= 0.3 is 0 Å². The van der Waals surface area contributed by atoms with E-state index < -0.39 is 0 Å². The summed E-state index contributed by atoms with van der Waals surface area (Å²) in [5.74, 6) is 2.92. The Bertz CT molecular complexity index is 675. The van der Waals surface area contributed by atoms with E-state index in [-0.39, 0.29) is 0 Å². The molecule has 3 saturated heterocycles. The van der Waals surface area contributed by atoms with Crippen LogP contribution in [0.2, 0.25) is 0 Å². The number of rotatable bonds is 3. The summed E-state index contributed by atoms with van der Waals surface area (Å²) in [6, 6.07) is 10.2. The largest absolute Gasteiger partial charge is 0.473 e. The monoisotopic (exact) mass is 307 g/mol. The molecule has 0 N–H and O–H groups in total. The van der Waals surface area contributed by atoms with Crippen molar-refractivity contribution in [3.8, 4) is 17.1 Å². The second-order valence-corrected chi connectivity index (χ2v) is 7.27. The topological polar surface area (TPSA) is 38.2 Å². The van der Waals surface area contributed by atoms with Crippen molar-refractivity contribution in [1.29, 1.82) is 0 Å². The number of aromatic nitrogens is 2. The molecule has 0 spiro atoms. The van der Waals surface area contributed by atoms with Crippen molar-refractivity contribution in [3.63, 3.8) is 0 Å². The lowest BCUT2D eigenvalue weighted by atomic mass is 9.66. The number of hydrogen-bond donors (Lipinski definition) is 0. The van der Waals surface area contributed by atoms with Crippen LogP contribution in [0.15, 0.2) is 42.7 Å². The molecule has 2 aromatic rings. The molecule has 0 radical (unpaired) electrons. The van der Waals surface area contributed by atoms with Crippen LogP contribution < -0.4 is 4.74 Å². The fourth-order valence-electron chi connectivity index (χ4n) is 4.85. The van der Waals surface area contributed by atoms with Crippen molar-refractivity contribution in [2.45, 2.75) is 18.9 Å². The quantitative estimate of drug-likeness (QED) is 0.874. The highest BCUT2D eigenvalue weighted by Crippen LogP contribution is 2.44. The van der Waals surface area contributed by atoms with Crippen LogP contribution in [-0.4, -0.2) is 40.6 Å². The van der Waals surface area contributed by atoms with Gasteiger partial charge in [-0.25, -0.2) is 4.98 Å². The van der Waals surface area contributed by atoms with Gasteiger partial charge in [-0.05, 0) is 18.8 Å². The molecule has 4 heterocycles.